The van der Waals surface area contributed by atoms with Crippen molar-refractivity contribution in [3.05, 3.63) is 35.6 Å². The Morgan fingerprint density at radius 3 is 2.89 bits per heavy atom. The number of ether oxygens (including phenoxy) is 1. The molecule has 0 radical (unpaired) electrons. The predicted molar refractivity (Wildman–Crippen MR) is 70.2 cm³/mol. The number of benzene rings is 1. The van der Waals surface area contributed by atoms with E-state index in [2.05, 4.69) is 17.3 Å². The van der Waals surface area contributed by atoms with Gasteiger partial charge in [0.1, 0.15) is 5.82 Å². The lowest BCUT2D eigenvalue weighted by molar-refractivity contribution is -0.0179. The third-order valence-electron chi connectivity index (χ3n) is 3.22. The number of hydrogen-bond donors (Lipinski definition) is 1. The molecule has 0 aromatic heterocycles. The molecule has 1 atom stereocenters. The third kappa shape index (κ3) is 4.37. The van der Waals surface area contributed by atoms with Crippen molar-refractivity contribution in [1.29, 1.82) is 0 Å². The Morgan fingerprint density at radius 2 is 2.17 bits per heavy atom. The van der Waals surface area contributed by atoms with Gasteiger partial charge in [-0.1, -0.05) is 12.1 Å². The summed E-state index contributed by atoms with van der Waals surface area (Å²) in [4.78, 5) is 2.29. The van der Waals surface area contributed by atoms with Crippen LogP contribution in [0.4, 0.5) is 4.39 Å². The maximum absolute atomic E-state index is 12.7. The van der Waals surface area contributed by atoms with Crippen LogP contribution in [0, 0.1) is 5.82 Å². The SMILES string of the molecule is CN1CCOC(CNCCc2ccc(F)cc2)C1. The number of hydrogen-bond acceptors (Lipinski definition) is 3. The number of morpholine rings is 1. The van der Waals surface area contributed by atoms with Crippen molar-refractivity contribution >= 4 is 0 Å². The molecule has 1 fully saturated rings. The molecule has 2 rings (SSSR count). The molecule has 1 aromatic rings. The fraction of sp³-hybridized carbons (Fsp3) is 0.571. The maximum atomic E-state index is 12.7. The van der Waals surface area contributed by atoms with Gasteiger partial charge < -0.3 is 15.0 Å². The molecule has 3 nitrogen and oxygen atoms in total. The fourth-order valence-corrected chi connectivity index (χ4v) is 2.14. The summed E-state index contributed by atoms with van der Waals surface area (Å²) in [5.74, 6) is -0.176. The summed E-state index contributed by atoms with van der Waals surface area (Å²) in [5, 5.41) is 3.39. The van der Waals surface area contributed by atoms with Crippen LogP contribution in [0.3, 0.4) is 0 Å². The first-order valence-electron chi connectivity index (χ1n) is 6.49. The molecular formula is C14H21FN2O. The number of nitrogens with one attached hydrogen (secondary N) is 1. The van der Waals surface area contributed by atoms with E-state index >= 15 is 0 Å². The Bertz CT molecular complexity index is 355. The minimum Gasteiger partial charge on any atom is -0.374 e. The van der Waals surface area contributed by atoms with E-state index in [9.17, 15) is 4.39 Å². The van der Waals surface area contributed by atoms with Gasteiger partial charge in [0, 0.05) is 19.6 Å². The van der Waals surface area contributed by atoms with Gasteiger partial charge in [0.25, 0.3) is 0 Å². The van der Waals surface area contributed by atoms with Crippen LogP contribution < -0.4 is 5.32 Å². The van der Waals surface area contributed by atoms with Crippen LogP contribution in [0.5, 0.6) is 0 Å². The van der Waals surface area contributed by atoms with E-state index in [0.29, 0.717) is 0 Å². The maximum Gasteiger partial charge on any atom is 0.123 e. The van der Waals surface area contributed by atoms with Gasteiger partial charge in [0.15, 0.2) is 0 Å². The second-order valence-electron chi connectivity index (χ2n) is 4.84. The van der Waals surface area contributed by atoms with Crippen LogP contribution in [0.1, 0.15) is 5.56 Å². The van der Waals surface area contributed by atoms with Crippen molar-refractivity contribution < 1.29 is 9.13 Å². The van der Waals surface area contributed by atoms with Gasteiger partial charge in [-0.25, -0.2) is 4.39 Å². The molecule has 0 amide bonds. The molecule has 1 heterocycles. The average molecular weight is 252 g/mol. The second kappa shape index (κ2) is 6.83. The third-order valence-corrected chi connectivity index (χ3v) is 3.22. The Kier molecular flexibility index (Phi) is 5.11. The van der Waals surface area contributed by atoms with Crippen LogP contribution >= 0.6 is 0 Å². The Hall–Kier alpha value is -0.970. The van der Waals surface area contributed by atoms with Gasteiger partial charge >= 0.3 is 0 Å². The number of halogens is 1. The molecule has 100 valence electrons. The summed E-state index contributed by atoms with van der Waals surface area (Å²) in [6.45, 7) is 4.61. The van der Waals surface area contributed by atoms with Crippen molar-refractivity contribution in [3.8, 4) is 0 Å². The molecule has 1 N–H and O–H groups in total. The second-order valence-corrected chi connectivity index (χ2v) is 4.84. The molecule has 1 unspecified atom stereocenters. The number of rotatable bonds is 5. The lowest BCUT2D eigenvalue weighted by Gasteiger charge is -2.30. The highest BCUT2D eigenvalue weighted by molar-refractivity contribution is 5.16. The molecule has 0 bridgehead atoms. The summed E-state index contributed by atoms with van der Waals surface area (Å²) in [7, 11) is 2.12. The van der Waals surface area contributed by atoms with Crippen molar-refractivity contribution in [3.63, 3.8) is 0 Å². The topological polar surface area (TPSA) is 24.5 Å². The molecule has 1 aliphatic heterocycles. The van der Waals surface area contributed by atoms with Crippen LogP contribution in [-0.4, -0.2) is 50.8 Å². The van der Waals surface area contributed by atoms with E-state index in [1.165, 1.54) is 12.1 Å². The molecular weight excluding hydrogens is 231 g/mol. The van der Waals surface area contributed by atoms with Gasteiger partial charge in [-0.15, -0.1) is 0 Å². The zero-order valence-corrected chi connectivity index (χ0v) is 10.9. The molecule has 0 spiro atoms. The smallest absolute Gasteiger partial charge is 0.123 e. The molecule has 0 saturated carbocycles. The molecule has 1 saturated heterocycles. The monoisotopic (exact) mass is 252 g/mol. The van der Waals surface area contributed by atoms with Crippen LogP contribution in [-0.2, 0) is 11.2 Å². The number of likely N-dealkylation sites (N-methyl/N-ethyl adjacent to an activating group) is 1. The lowest BCUT2D eigenvalue weighted by atomic mass is 10.1. The molecule has 18 heavy (non-hydrogen) atoms. The Labute approximate surface area is 108 Å². The lowest BCUT2D eigenvalue weighted by Crippen LogP contribution is -2.45. The van der Waals surface area contributed by atoms with Crippen molar-refractivity contribution in [1.82, 2.24) is 10.2 Å². The normalized spacial score (nSPS) is 21.1. The standard InChI is InChI=1S/C14H21FN2O/c1-17-8-9-18-14(11-17)10-16-7-6-12-2-4-13(15)5-3-12/h2-5,14,16H,6-11H2,1H3. The van der Waals surface area contributed by atoms with E-state index in [4.69, 9.17) is 4.74 Å². The first kappa shape index (κ1) is 13.5. The highest BCUT2D eigenvalue weighted by Gasteiger charge is 2.16. The minimum absolute atomic E-state index is 0.176. The minimum atomic E-state index is -0.176. The summed E-state index contributed by atoms with van der Waals surface area (Å²) in [5.41, 5.74) is 1.16. The van der Waals surface area contributed by atoms with Crippen LogP contribution in [0.2, 0.25) is 0 Å². The average Bonchev–Trinajstić information content (AvgIpc) is 2.37. The zero-order chi connectivity index (χ0) is 12.8. The quantitative estimate of drug-likeness (QED) is 0.799. The molecule has 1 aromatic carbocycles. The Morgan fingerprint density at radius 1 is 1.39 bits per heavy atom. The highest BCUT2D eigenvalue weighted by atomic mass is 19.1. The van der Waals surface area contributed by atoms with E-state index in [1.807, 2.05) is 12.1 Å². The first-order valence-corrected chi connectivity index (χ1v) is 6.49. The van der Waals surface area contributed by atoms with E-state index in [0.717, 1.165) is 44.8 Å². The highest BCUT2D eigenvalue weighted by Crippen LogP contribution is 2.04. The van der Waals surface area contributed by atoms with Gasteiger partial charge in [-0.3, -0.25) is 0 Å². The van der Waals surface area contributed by atoms with Crippen molar-refractivity contribution in [2.75, 3.05) is 39.8 Å². The van der Waals surface area contributed by atoms with Crippen LogP contribution in [0.15, 0.2) is 24.3 Å². The summed E-state index contributed by atoms with van der Waals surface area (Å²) in [6, 6.07) is 6.69. The molecule has 0 aliphatic carbocycles. The van der Waals surface area contributed by atoms with Crippen molar-refractivity contribution in [2.45, 2.75) is 12.5 Å². The summed E-state index contributed by atoms with van der Waals surface area (Å²) in [6.07, 6.45) is 1.21. The van der Waals surface area contributed by atoms with Gasteiger partial charge in [-0.05, 0) is 37.7 Å². The number of nitrogens with zero attached hydrogens (tertiary/aromatic N) is 1. The fourth-order valence-electron chi connectivity index (χ4n) is 2.14. The predicted octanol–water partition coefficient (Wildman–Crippen LogP) is 1.29. The van der Waals surface area contributed by atoms with E-state index < -0.39 is 0 Å². The van der Waals surface area contributed by atoms with Crippen LogP contribution in [0.25, 0.3) is 0 Å². The molecule has 4 heteroatoms. The molecule has 1 aliphatic rings. The summed E-state index contributed by atoms with van der Waals surface area (Å²) >= 11 is 0. The van der Waals surface area contributed by atoms with E-state index in [1.54, 1.807) is 0 Å². The zero-order valence-electron chi connectivity index (χ0n) is 10.9. The van der Waals surface area contributed by atoms with Crippen molar-refractivity contribution in [2.24, 2.45) is 0 Å². The van der Waals surface area contributed by atoms with Gasteiger partial charge in [0.05, 0.1) is 12.7 Å². The van der Waals surface area contributed by atoms with E-state index in [-0.39, 0.29) is 11.9 Å². The van der Waals surface area contributed by atoms with Gasteiger partial charge in [0.2, 0.25) is 0 Å². The first-order chi connectivity index (χ1) is 8.74. The van der Waals surface area contributed by atoms with Gasteiger partial charge in [-0.2, -0.15) is 0 Å². The summed E-state index contributed by atoms with van der Waals surface area (Å²) < 4.78 is 18.4. The largest absolute Gasteiger partial charge is 0.374 e. The Balaban J connectivity index is 1.62.